The predicted molar refractivity (Wildman–Crippen MR) is 48.5 cm³/mol. The molecule has 1 rings (SSSR count). The van der Waals surface area contributed by atoms with Crippen LogP contribution >= 0.6 is 11.3 Å². The Morgan fingerprint density at radius 1 is 1.92 bits per heavy atom. The lowest BCUT2D eigenvalue weighted by molar-refractivity contribution is -0.144. The molecule has 1 aromatic heterocycles. The Kier molecular flexibility index (Phi) is 3.21. The van der Waals surface area contributed by atoms with Crippen molar-refractivity contribution in [3.05, 3.63) is 11.1 Å². The molecule has 0 amide bonds. The first-order chi connectivity index (χ1) is 6.09. The van der Waals surface area contributed by atoms with Crippen LogP contribution in [0.4, 0.5) is 5.13 Å². The van der Waals surface area contributed by atoms with E-state index in [1.165, 1.54) is 11.3 Å². The van der Waals surface area contributed by atoms with E-state index in [-0.39, 0.29) is 12.7 Å². The van der Waals surface area contributed by atoms with Crippen LogP contribution in [0.15, 0.2) is 5.38 Å². The van der Waals surface area contributed by atoms with Gasteiger partial charge in [0.05, 0.1) is 11.8 Å². The molecule has 1 unspecified atom stereocenters. The summed E-state index contributed by atoms with van der Waals surface area (Å²) in [5.41, 5.74) is 6.08. The molecule has 13 heavy (non-hydrogen) atoms. The summed E-state index contributed by atoms with van der Waals surface area (Å²) in [4.78, 5) is 14.1. The van der Waals surface area contributed by atoms with Gasteiger partial charge in [0, 0.05) is 5.38 Å². The van der Waals surface area contributed by atoms with Gasteiger partial charge in [-0.2, -0.15) is 0 Å². The van der Waals surface area contributed by atoms with Gasteiger partial charge >= 0.3 is 5.97 Å². The molecule has 0 aliphatic carbocycles. The number of aliphatic carboxylic acids is 1. The molecular weight excluding hydrogens is 192 g/mol. The number of nitrogens with zero attached hydrogens (tertiary/aromatic N) is 1. The van der Waals surface area contributed by atoms with E-state index in [9.17, 15) is 4.79 Å². The summed E-state index contributed by atoms with van der Waals surface area (Å²) in [6.45, 7) is 1.41. The normalized spacial score (nSPS) is 12.7. The topological polar surface area (TPSA) is 85.4 Å². The van der Waals surface area contributed by atoms with Crippen LogP contribution in [0, 0.1) is 0 Å². The largest absolute Gasteiger partial charge is 0.480 e. The fourth-order valence-corrected chi connectivity index (χ4v) is 1.41. The number of carboxylic acids is 1. The first kappa shape index (κ1) is 9.94. The van der Waals surface area contributed by atoms with Crippen molar-refractivity contribution in [3.63, 3.8) is 0 Å². The molecule has 1 aromatic rings. The van der Waals surface area contributed by atoms with Crippen molar-refractivity contribution in [2.45, 2.75) is 13.0 Å². The number of thiazole rings is 1. The number of nitrogens with two attached hydrogens (primary N) is 1. The fourth-order valence-electron chi connectivity index (χ4n) is 0.769. The van der Waals surface area contributed by atoms with E-state index < -0.39 is 5.97 Å². The van der Waals surface area contributed by atoms with Gasteiger partial charge in [-0.3, -0.25) is 0 Å². The molecule has 0 aromatic carbocycles. The predicted octanol–water partition coefficient (Wildman–Crippen LogP) is 0.888. The van der Waals surface area contributed by atoms with E-state index in [1.807, 2.05) is 0 Å². The summed E-state index contributed by atoms with van der Waals surface area (Å²) in [6, 6.07) is 0. The SMILES string of the molecule is CC(OCC(=O)O)c1csc(N)n1. The number of nitrogen functional groups attached to an aromatic ring is 1. The number of anilines is 1. The van der Waals surface area contributed by atoms with Gasteiger partial charge in [0.2, 0.25) is 0 Å². The fraction of sp³-hybridized carbons (Fsp3) is 0.429. The minimum absolute atomic E-state index is 0.321. The van der Waals surface area contributed by atoms with E-state index >= 15 is 0 Å². The first-order valence-corrected chi connectivity index (χ1v) is 4.52. The van der Waals surface area contributed by atoms with Gasteiger partial charge in [-0.15, -0.1) is 11.3 Å². The minimum Gasteiger partial charge on any atom is -0.480 e. The van der Waals surface area contributed by atoms with Gasteiger partial charge < -0.3 is 15.6 Å². The Morgan fingerprint density at radius 2 is 2.62 bits per heavy atom. The third kappa shape index (κ3) is 3.00. The van der Waals surface area contributed by atoms with Crippen LogP contribution in [-0.4, -0.2) is 22.7 Å². The molecule has 0 spiro atoms. The van der Waals surface area contributed by atoms with Gasteiger partial charge in [0.1, 0.15) is 6.61 Å². The van der Waals surface area contributed by atoms with Crippen LogP contribution in [0.2, 0.25) is 0 Å². The molecule has 6 heteroatoms. The van der Waals surface area contributed by atoms with Gasteiger partial charge in [-0.1, -0.05) is 0 Å². The van der Waals surface area contributed by atoms with Crippen molar-refractivity contribution in [2.24, 2.45) is 0 Å². The van der Waals surface area contributed by atoms with Crippen LogP contribution in [0.3, 0.4) is 0 Å². The summed E-state index contributed by atoms with van der Waals surface area (Å²) in [7, 11) is 0. The molecule has 0 fully saturated rings. The highest BCUT2D eigenvalue weighted by Gasteiger charge is 2.10. The lowest BCUT2D eigenvalue weighted by atomic mass is 10.3. The number of hydrogen-bond donors (Lipinski definition) is 2. The summed E-state index contributed by atoms with van der Waals surface area (Å²) in [5.74, 6) is -0.991. The van der Waals surface area contributed by atoms with Crippen LogP contribution in [0.25, 0.3) is 0 Å². The molecule has 72 valence electrons. The number of carbonyl (C=O) groups is 1. The van der Waals surface area contributed by atoms with Crippen molar-refractivity contribution >= 4 is 22.4 Å². The Hall–Kier alpha value is -1.14. The van der Waals surface area contributed by atoms with Gasteiger partial charge in [0.25, 0.3) is 0 Å². The van der Waals surface area contributed by atoms with Gasteiger partial charge in [-0.05, 0) is 6.92 Å². The summed E-state index contributed by atoms with van der Waals surface area (Å²) >= 11 is 1.31. The number of hydrogen-bond acceptors (Lipinski definition) is 5. The summed E-state index contributed by atoms with van der Waals surface area (Å²) < 4.78 is 4.99. The second-order valence-electron chi connectivity index (χ2n) is 2.46. The molecular formula is C7H10N2O3S. The Labute approximate surface area is 79.2 Å². The average Bonchev–Trinajstić information content (AvgIpc) is 2.47. The number of rotatable bonds is 4. The standard InChI is InChI=1S/C7H10N2O3S/c1-4(12-2-6(10)11)5-3-13-7(8)9-5/h3-4H,2H2,1H3,(H2,8,9)(H,10,11). The third-order valence-corrected chi connectivity index (χ3v) is 2.11. The molecule has 1 heterocycles. The second kappa shape index (κ2) is 4.20. The zero-order valence-electron chi connectivity index (χ0n) is 7.06. The average molecular weight is 202 g/mol. The number of aromatic nitrogens is 1. The van der Waals surface area contributed by atoms with E-state index in [0.717, 1.165) is 0 Å². The van der Waals surface area contributed by atoms with E-state index in [4.69, 9.17) is 15.6 Å². The highest BCUT2D eigenvalue weighted by atomic mass is 32.1. The number of carboxylic acid groups (broad SMARTS) is 1. The van der Waals surface area contributed by atoms with Gasteiger partial charge in [0.15, 0.2) is 5.13 Å². The summed E-state index contributed by atoms with van der Waals surface area (Å²) in [6.07, 6.45) is -0.329. The van der Waals surface area contributed by atoms with Crippen LogP contribution in [0.5, 0.6) is 0 Å². The molecule has 0 bridgehead atoms. The Balaban J connectivity index is 2.48. The summed E-state index contributed by atoms with van der Waals surface area (Å²) in [5, 5.41) is 10.6. The molecule has 0 radical (unpaired) electrons. The Bertz CT molecular complexity index is 300. The van der Waals surface area contributed by atoms with Crippen molar-refractivity contribution in [3.8, 4) is 0 Å². The quantitative estimate of drug-likeness (QED) is 0.757. The van der Waals surface area contributed by atoms with E-state index in [0.29, 0.717) is 10.8 Å². The molecule has 0 saturated carbocycles. The van der Waals surface area contributed by atoms with Crippen molar-refractivity contribution in [2.75, 3.05) is 12.3 Å². The van der Waals surface area contributed by atoms with Crippen molar-refractivity contribution in [1.29, 1.82) is 0 Å². The highest BCUT2D eigenvalue weighted by Crippen LogP contribution is 2.20. The maximum absolute atomic E-state index is 10.2. The van der Waals surface area contributed by atoms with Crippen LogP contribution in [-0.2, 0) is 9.53 Å². The molecule has 0 aliphatic heterocycles. The minimum atomic E-state index is -0.991. The third-order valence-electron chi connectivity index (χ3n) is 1.41. The molecule has 0 saturated heterocycles. The first-order valence-electron chi connectivity index (χ1n) is 3.64. The Morgan fingerprint density at radius 3 is 3.08 bits per heavy atom. The second-order valence-corrected chi connectivity index (χ2v) is 3.35. The molecule has 1 atom stereocenters. The molecule has 3 N–H and O–H groups in total. The zero-order valence-corrected chi connectivity index (χ0v) is 7.87. The van der Waals surface area contributed by atoms with Crippen LogP contribution < -0.4 is 5.73 Å². The zero-order chi connectivity index (χ0) is 9.84. The van der Waals surface area contributed by atoms with Crippen molar-refractivity contribution in [1.82, 2.24) is 4.98 Å². The molecule has 5 nitrogen and oxygen atoms in total. The monoisotopic (exact) mass is 202 g/mol. The van der Waals surface area contributed by atoms with E-state index in [2.05, 4.69) is 4.98 Å². The van der Waals surface area contributed by atoms with E-state index in [1.54, 1.807) is 12.3 Å². The lowest BCUT2D eigenvalue weighted by Crippen LogP contribution is -2.10. The molecule has 0 aliphatic rings. The number of ether oxygens (including phenoxy) is 1. The van der Waals surface area contributed by atoms with Crippen LogP contribution in [0.1, 0.15) is 18.7 Å². The highest BCUT2D eigenvalue weighted by molar-refractivity contribution is 7.13. The lowest BCUT2D eigenvalue weighted by Gasteiger charge is -2.07. The van der Waals surface area contributed by atoms with Gasteiger partial charge in [-0.25, -0.2) is 9.78 Å². The maximum atomic E-state index is 10.2. The van der Waals surface area contributed by atoms with Crippen molar-refractivity contribution < 1.29 is 14.6 Å². The maximum Gasteiger partial charge on any atom is 0.329 e. The smallest absolute Gasteiger partial charge is 0.329 e.